The number of sulfonamides is 1. The van der Waals surface area contributed by atoms with Crippen molar-refractivity contribution >= 4 is 15.9 Å². The van der Waals surface area contributed by atoms with Crippen molar-refractivity contribution in [3.63, 3.8) is 0 Å². The van der Waals surface area contributed by atoms with Crippen molar-refractivity contribution in [1.82, 2.24) is 9.62 Å². The van der Waals surface area contributed by atoms with Crippen LogP contribution >= 0.6 is 0 Å². The molecule has 23 heavy (non-hydrogen) atoms. The largest absolute Gasteiger partial charge is 0.342 e. The molecule has 0 bridgehead atoms. The van der Waals surface area contributed by atoms with E-state index >= 15 is 0 Å². The Morgan fingerprint density at radius 3 is 2.43 bits per heavy atom. The van der Waals surface area contributed by atoms with Gasteiger partial charge in [0.2, 0.25) is 15.9 Å². The zero-order valence-corrected chi connectivity index (χ0v) is 14.1. The van der Waals surface area contributed by atoms with Gasteiger partial charge in [0.05, 0.1) is 12.2 Å². The standard InChI is InChI=1S/C16H23FN2O3S/c1-2-11-23(21,22)18-15-7-9-19(10-8-15)16(20)12-13-3-5-14(17)6-4-13/h3-6,15,18H,2,7-12H2,1H3. The highest BCUT2D eigenvalue weighted by molar-refractivity contribution is 7.89. The predicted molar refractivity (Wildman–Crippen MR) is 86.9 cm³/mol. The summed E-state index contributed by atoms with van der Waals surface area (Å²) in [4.78, 5) is 14.0. The van der Waals surface area contributed by atoms with Crippen molar-refractivity contribution in [1.29, 1.82) is 0 Å². The quantitative estimate of drug-likeness (QED) is 0.855. The highest BCUT2D eigenvalue weighted by Gasteiger charge is 2.25. The molecule has 0 spiro atoms. The van der Waals surface area contributed by atoms with Gasteiger partial charge in [-0.05, 0) is 37.0 Å². The number of hydrogen-bond donors (Lipinski definition) is 1. The van der Waals surface area contributed by atoms with Crippen LogP contribution in [-0.4, -0.2) is 44.1 Å². The molecule has 0 radical (unpaired) electrons. The fraction of sp³-hybridized carbons (Fsp3) is 0.562. The Hall–Kier alpha value is -1.47. The van der Waals surface area contributed by atoms with Crippen LogP contribution in [0.15, 0.2) is 24.3 Å². The molecule has 128 valence electrons. The number of rotatable bonds is 6. The van der Waals surface area contributed by atoms with Crippen LogP contribution in [0.1, 0.15) is 31.7 Å². The number of benzene rings is 1. The van der Waals surface area contributed by atoms with Crippen LogP contribution in [0.3, 0.4) is 0 Å². The topological polar surface area (TPSA) is 66.5 Å². The minimum absolute atomic E-state index is 0.00789. The average Bonchev–Trinajstić information content (AvgIpc) is 2.49. The van der Waals surface area contributed by atoms with E-state index in [1.54, 1.807) is 17.0 Å². The van der Waals surface area contributed by atoms with Gasteiger partial charge in [-0.2, -0.15) is 0 Å². The molecule has 0 saturated carbocycles. The molecule has 5 nitrogen and oxygen atoms in total. The second-order valence-electron chi connectivity index (χ2n) is 5.90. The summed E-state index contributed by atoms with van der Waals surface area (Å²) in [5.74, 6) is -0.190. The Kier molecular flexibility index (Phi) is 6.12. The number of likely N-dealkylation sites (tertiary alicyclic amines) is 1. The Labute approximate surface area is 136 Å². The fourth-order valence-electron chi connectivity index (χ4n) is 2.72. The molecule has 1 saturated heterocycles. The molecule has 2 rings (SSSR count). The average molecular weight is 342 g/mol. The molecule has 0 unspecified atom stereocenters. The van der Waals surface area contributed by atoms with Crippen LogP contribution < -0.4 is 4.72 Å². The third-order valence-corrected chi connectivity index (χ3v) is 5.57. The van der Waals surface area contributed by atoms with Crippen molar-refractivity contribution in [2.24, 2.45) is 0 Å². The summed E-state index contributed by atoms with van der Waals surface area (Å²) in [6.07, 6.45) is 2.08. The predicted octanol–water partition coefficient (Wildman–Crippen LogP) is 1.69. The Bertz CT molecular complexity index is 623. The number of nitrogens with one attached hydrogen (secondary N) is 1. The summed E-state index contributed by atoms with van der Waals surface area (Å²) >= 11 is 0. The number of carbonyl (C=O) groups is 1. The lowest BCUT2D eigenvalue weighted by atomic mass is 10.0. The molecule has 1 aliphatic rings. The van der Waals surface area contributed by atoms with E-state index in [-0.39, 0.29) is 29.9 Å². The van der Waals surface area contributed by atoms with Crippen molar-refractivity contribution in [3.05, 3.63) is 35.6 Å². The zero-order chi connectivity index (χ0) is 16.9. The molecule has 1 aromatic rings. The van der Waals surface area contributed by atoms with E-state index in [0.717, 1.165) is 5.56 Å². The molecular formula is C16H23FN2O3S. The van der Waals surface area contributed by atoms with Gasteiger partial charge >= 0.3 is 0 Å². The van der Waals surface area contributed by atoms with E-state index in [1.807, 2.05) is 6.92 Å². The van der Waals surface area contributed by atoms with Gasteiger partial charge in [0.25, 0.3) is 0 Å². The van der Waals surface area contributed by atoms with Gasteiger partial charge in [-0.25, -0.2) is 17.5 Å². The van der Waals surface area contributed by atoms with Crippen molar-refractivity contribution in [2.75, 3.05) is 18.8 Å². The molecule has 1 aromatic carbocycles. The Morgan fingerprint density at radius 1 is 1.26 bits per heavy atom. The summed E-state index contributed by atoms with van der Waals surface area (Å²) < 4.78 is 39.1. The third kappa shape index (κ3) is 5.58. The third-order valence-electron chi connectivity index (χ3n) is 3.94. The minimum atomic E-state index is -3.21. The van der Waals surface area contributed by atoms with E-state index in [4.69, 9.17) is 0 Å². The summed E-state index contributed by atoms with van der Waals surface area (Å²) in [6.45, 7) is 2.91. The molecule has 1 amide bonds. The Balaban J connectivity index is 1.82. The van der Waals surface area contributed by atoms with Crippen LogP contribution in [-0.2, 0) is 21.2 Å². The van der Waals surface area contributed by atoms with Crippen molar-refractivity contribution in [3.8, 4) is 0 Å². The van der Waals surface area contributed by atoms with E-state index in [1.165, 1.54) is 12.1 Å². The van der Waals surface area contributed by atoms with Gasteiger partial charge in [0.15, 0.2) is 0 Å². The molecule has 0 aliphatic carbocycles. The van der Waals surface area contributed by atoms with Crippen molar-refractivity contribution in [2.45, 2.75) is 38.6 Å². The number of amides is 1. The maximum absolute atomic E-state index is 12.9. The molecular weight excluding hydrogens is 319 g/mol. The Morgan fingerprint density at radius 2 is 1.87 bits per heavy atom. The minimum Gasteiger partial charge on any atom is -0.342 e. The first-order valence-corrected chi connectivity index (χ1v) is 9.57. The maximum atomic E-state index is 12.9. The SMILES string of the molecule is CCCS(=O)(=O)NC1CCN(C(=O)Cc2ccc(F)cc2)CC1. The number of halogens is 1. The molecule has 1 N–H and O–H groups in total. The highest BCUT2D eigenvalue weighted by atomic mass is 32.2. The molecule has 1 heterocycles. The zero-order valence-electron chi connectivity index (χ0n) is 13.3. The smallest absolute Gasteiger partial charge is 0.226 e. The first-order chi connectivity index (χ1) is 10.9. The van der Waals surface area contributed by atoms with Gasteiger partial charge in [0.1, 0.15) is 5.82 Å². The normalized spacial score (nSPS) is 16.5. The first kappa shape index (κ1) is 17.9. The van der Waals surface area contributed by atoms with E-state index in [9.17, 15) is 17.6 Å². The first-order valence-electron chi connectivity index (χ1n) is 7.92. The summed E-state index contributed by atoms with van der Waals surface area (Å²) in [5.41, 5.74) is 0.780. The van der Waals surface area contributed by atoms with E-state index < -0.39 is 10.0 Å². The molecule has 0 aromatic heterocycles. The summed E-state index contributed by atoms with van der Waals surface area (Å²) in [6, 6.07) is 5.81. The second kappa shape index (κ2) is 7.88. The van der Waals surface area contributed by atoms with Gasteiger partial charge < -0.3 is 4.90 Å². The molecule has 7 heteroatoms. The van der Waals surface area contributed by atoms with Gasteiger partial charge in [-0.1, -0.05) is 19.1 Å². The lowest BCUT2D eigenvalue weighted by Gasteiger charge is -2.32. The fourth-order valence-corrected chi connectivity index (χ4v) is 4.12. The molecule has 0 atom stereocenters. The van der Waals surface area contributed by atoms with Crippen LogP contribution in [0.2, 0.25) is 0 Å². The van der Waals surface area contributed by atoms with Crippen LogP contribution in [0.4, 0.5) is 4.39 Å². The van der Waals surface area contributed by atoms with Gasteiger partial charge in [-0.15, -0.1) is 0 Å². The molecule has 1 aliphatic heterocycles. The van der Waals surface area contributed by atoms with Crippen molar-refractivity contribution < 1.29 is 17.6 Å². The van der Waals surface area contributed by atoms with Crippen LogP contribution in [0, 0.1) is 5.82 Å². The maximum Gasteiger partial charge on any atom is 0.226 e. The van der Waals surface area contributed by atoms with Crippen LogP contribution in [0.25, 0.3) is 0 Å². The highest BCUT2D eigenvalue weighted by Crippen LogP contribution is 2.14. The van der Waals surface area contributed by atoms with Crippen LogP contribution in [0.5, 0.6) is 0 Å². The monoisotopic (exact) mass is 342 g/mol. The number of piperidine rings is 1. The molecule has 1 fully saturated rings. The van der Waals surface area contributed by atoms with Gasteiger partial charge in [-0.3, -0.25) is 4.79 Å². The number of nitrogens with zero attached hydrogens (tertiary/aromatic N) is 1. The van der Waals surface area contributed by atoms with E-state index in [2.05, 4.69) is 4.72 Å². The number of hydrogen-bond acceptors (Lipinski definition) is 3. The lowest BCUT2D eigenvalue weighted by Crippen LogP contribution is -2.47. The summed E-state index contributed by atoms with van der Waals surface area (Å²) in [7, 11) is -3.21. The second-order valence-corrected chi connectivity index (χ2v) is 7.77. The summed E-state index contributed by atoms with van der Waals surface area (Å²) in [5, 5.41) is 0. The number of carbonyl (C=O) groups excluding carboxylic acids is 1. The lowest BCUT2D eigenvalue weighted by molar-refractivity contribution is -0.131. The van der Waals surface area contributed by atoms with E-state index in [0.29, 0.717) is 32.4 Å². The van der Waals surface area contributed by atoms with Gasteiger partial charge in [0, 0.05) is 19.1 Å².